The van der Waals surface area contributed by atoms with E-state index < -0.39 is 0 Å². The van der Waals surface area contributed by atoms with Crippen molar-refractivity contribution in [3.8, 4) is 11.5 Å². The number of hydrazone groups is 1. The van der Waals surface area contributed by atoms with Gasteiger partial charge >= 0.3 is 0 Å². The van der Waals surface area contributed by atoms with Crippen molar-refractivity contribution in [1.29, 1.82) is 0 Å². The Kier molecular flexibility index (Phi) is 4.35. The SMILES string of the molecule is COc1ccc(C=NNc2ccccn2)c(Br)c1O. The third-order valence-electron chi connectivity index (χ3n) is 2.38. The Morgan fingerprint density at radius 1 is 1.37 bits per heavy atom. The first-order chi connectivity index (χ1) is 9.22. The summed E-state index contributed by atoms with van der Waals surface area (Å²) in [4.78, 5) is 4.07. The molecule has 2 N–H and O–H groups in total. The minimum Gasteiger partial charge on any atom is -0.503 e. The van der Waals surface area contributed by atoms with Crippen molar-refractivity contribution >= 4 is 28.0 Å². The fraction of sp³-hybridized carbons (Fsp3) is 0.0769. The first-order valence-electron chi connectivity index (χ1n) is 5.48. The van der Waals surface area contributed by atoms with Crippen molar-refractivity contribution in [1.82, 2.24) is 4.98 Å². The summed E-state index contributed by atoms with van der Waals surface area (Å²) in [6.45, 7) is 0. The van der Waals surface area contributed by atoms with Gasteiger partial charge in [-0.15, -0.1) is 0 Å². The molecule has 0 fully saturated rings. The average Bonchev–Trinajstić information content (AvgIpc) is 2.45. The van der Waals surface area contributed by atoms with Crippen LogP contribution in [0.5, 0.6) is 11.5 Å². The van der Waals surface area contributed by atoms with Crippen LogP contribution in [0.2, 0.25) is 0 Å². The fourth-order valence-electron chi connectivity index (χ4n) is 1.42. The minimum atomic E-state index is 0.0456. The number of hydrogen-bond acceptors (Lipinski definition) is 5. The second kappa shape index (κ2) is 6.19. The van der Waals surface area contributed by atoms with E-state index in [-0.39, 0.29) is 5.75 Å². The number of benzene rings is 1. The predicted octanol–water partition coefficient (Wildman–Crippen LogP) is 3.00. The van der Waals surface area contributed by atoms with E-state index in [1.54, 1.807) is 30.6 Å². The van der Waals surface area contributed by atoms with Gasteiger partial charge < -0.3 is 9.84 Å². The van der Waals surface area contributed by atoms with Crippen LogP contribution >= 0.6 is 15.9 Å². The molecule has 1 aromatic heterocycles. The molecular formula is C13H12BrN3O2. The molecule has 0 unspecified atom stereocenters. The van der Waals surface area contributed by atoms with E-state index >= 15 is 0 Å². The van der Waals surface area contributed by atoms with E-state index in [2.05, 4.69) is 31.4 Å². The Balaban J connectivity index is 2.13. The number of aromatic hydroxyl groups is 1. The van der Waals surface area contributed by atoms with Gasteiger partial charge in [0.1, 0.15) is 5.82 Å². The zero-order valence-electron chi connectivity index (χ0n) is 10.2. The van der Waals surface area contributed by atoms with Gasteiger partial charge in [-0.3, -0.25) is 5.43 Å². The van der Waals surface area contributed by atoms with Gasteiger partial charge in [0.25, 0.3) is 0 Å². The summed E-state index contributed by atoms with van der Waals surface area (Å²) in [5.41, 5.74) is 3.52. The van der Waals surface area contributed by atoms with Crippen molar-refractivity contribution in [2.24, 2.45) is 5.10 Å². The summed E-state index contributed by atoms with van der Waals surface area (Å²) in [6.07, 6.45) is 3.25. The number of phenols is 1. The normalized spacial score (nSPS) is 10.6. The largest absolute Gasteiger partial charge is 0.503 e. The second-order valence-corrected chi connectivity index (χ2v) is 4.40. The highest BCUT2D eigenvalue weighted by molar-refractivity contribution is 9.10. The lowest BCUT2D eigenvalue weighted by atomic mass is 10.2. The van der Waals surface area contributed by atoms with Crippen molar-refractivity contribution in [2.75, 3.05) is 12.5 Å². The van der Waals surface area contributed by atoms with Crippen molar-refractivity contribution in [3.63, 3.8) is 0 Å². The lowest BCUT2D eigenvalue weighted by molar-refractivity contribution is 0.372. The average molecular weight is 322 g/mol. The topological polar surface area (TPSA) is 66.7 Å². The molecule has 2 aromatic rings. The van der Waals surface area contributed by atoms with Crippen LogP contribution in [0, 0.1) is 0 Å². The number of aromatic nitrogens is 1. The van der Waals surface area contributed by atoms with Gasteiger partial charge in [-0.25, -0.2) is 4.98 Å². The molecule has 0 amide bonds. The highest BCUT2D eigenvalue weighted by Gasteiger charge is 2.09. The molecule has 1 aromatic carbocycles. The summed E-state index contributed by atoms with van der Waals surface area (Å²) >= 11 is 3.29. The van der Waals surface area contributed by atoms with Crippen molar-refractivity contribution in [3.05, 3.63) is 46.6 Å². The Hall–Kier alpha value is -2.08. The monoisotopic (exact) mass is 321 g/mol. The van der Waals surface area contributed by atoms with E-state index in [4.69, 9.17) is 4.74 Å². The maximum Gasteiger partial charge on any atom is 0.172 e. The van der Waals surface area contributed by atoms with Crippen molar-refractivity contribution in [2.45, 2.75) is 0 Å². The molecule has 0 spiro atoms. The molecule has 98 valence electrons. The van der Waals surface area contributed by atoms with Gasteiger partial charge in [-0.1, -0.05) is 6.07 Å². The van der Waals surface area contributed by atoms with Crippen LogP contribution in [-0.4, -0.2) is 23.4 Å². The minimum absolute atomic E-state index is 0.0456. The number of halogens is 1. The van der Waals surface area contributed by atoms with E-state index in [1.807, 2.05) is 12.1 Å². The number of methoxy groups -OCH3 is 1. The number of anilines is 1. The van der Waals surface area contributed by atoms with Crippen LogP contribution < -0.4 is 10.2 Å². The van der Waals surface area contributed by atoms with E-state index in [0.717, 1.165) is 5.56 Å². The molecule has 0 atom stereocenters. The van der Waals surface area contributed by atoms with Gasteiger partial charge in [-0.05, 0) is 40.2 Å². The van der Waals surface area contributed by atoms with Gasteiger partial charge in [-0.2, -0.15) is 5.10 Å². The summed E-state index contributed by atoms with van der Waals surface area (Å²) in [5, 5.41) is 13.9. The third kappa shape index (κ3) is 3.23. The summed E-state index contributed by atoms with van der Waals surface area (Å²) in [5.74, 6) is 1.10. The van der Waals surface area contributed by atoms with Gasteiger partial charge in [0.2, 0.25) is 0 Å². The third-order valence-corrected chi connectivity index (χ3v) is 3.21. The lowest BCUT2D eigenvalue weighted by Crippen LogP contribution is -1.94. The molecule has 0 saturated carbocycles. The first-order valence-corrected chi connectivity index (χ1v) is 6.27. The maximum absolute atomic E-state index is 9.83. The number of nitrogens with one attached hydrogen (secondary N) is 1. The van der Waals surface area contributed by atoms with Gasteiger partial charge in [0.15, 0.2) is 11.5 Å². The van der Waals surface area contributed by atoms with E-state index in [9.17, 15) is 5.11 Å². The molecule has 0 radical (unpaired) electrons. The highest BCUT2D eigenvalue weighted by atomic mass is 79.9. The Labute approximate surface area is 119 Å². The Morgan fingerprint density at radius 3 is 2.89 bits per heavy atom. The maximum atomic E-state index is 9.83. The smallest absolute Gasteiger partial charge is 0.172 e. The van der Waals surface area contributed by atoms with Crippen molar-refractivity contribution < 1.29 is 9.84 Å². The number of pyridine rings is 1. The Bertz CT molecular complexity index is 588. The predicted molar refractivity (Wildman–Crippen MR) is 77.8 cm³/mol. The molecule has 0 bridgehead atoms. The molecule has 1 heterocycles. The van der Waals surface area contributed by atoms with E-state index in [0.29, 0.717) is 16.0 Å². The molecule has 0 aliphatic heterocycles. The zero-order chi connectivity index (χ0) is 13.7. The zero-order valence-corrected chi connectivity index (χ0v) is 11.8. The van der Waals surface area contributed by atoms with Crippen LogP contribution in [0.3, 0.4) is 0 Å². The first kappa shape index (κ1) is 13.4. The summed E-state index contributed by atoms with van der Waals surface area (Å²) < 4.78 is 5.53. The highest BCUT2D eigenvalue weighted by Crippen LogP contribution is 2.35. The lowest BCUT2D eigenvalue weighted by Gasteiger charge is -2.06. The molecular weight excluding hydrogens is 310 g/mol. The quantitative estimate of drug-likeness (QED) is 0.671. The Morgan fingerprint density at radius 2 is 2.21 bits per heavy atom. The number of nitrogens with zero attached hydrogens (tertiary/aromatic N) is 2. The molecule has 0 aliphatic rings. The second-order valence-electron chi connectivity index (χ2n) is 3.60. The summed E-state index contributed by atoms with van der Waals surface area (Å²) in [6, 6.07) is 8.94. The molecule has 19 heavy (non-hydrogen) atoms. The van der Waals surface area contributed by atoms with Gasteiger partial charge in [0, 0.05) is 11.8 Å². The van der Waals surface area contributed by atoms with Crippen LogP contribution in [0.15, 0.2) is 46.1 Å². The van der Waals surface area contributed by atoms with Crippen LogP contribution in [-0.2, 0) is 0 Å². The summed E-state index contributed by atoms with van der Waals surface area (Å²) in [7, 11) is 1.50. The van der Waals surface area contributed by atoms with Crippen LogP contribution in [0.4, 0.5) is 5.82 Å². The molecule has 0 aliphatic carbocycles. The molecule has 5 nitrogen and oxygen atoms in total. The van der Waals surface area contributed by atoms with Gasteiger partial charge in [0.05, 0.1) is 17.8 Å². The van der Waals surface area contributed by atoms with E-state index in [1.165, 1.54) is 7.11 Å². The number of rotatable bonds is 4. The fourth-order valence-corrected chi connectivity index (χ4v) is 1.85. The number of hydrogen-bond donors (Lipinski definition) is 2. The standard InChI is InChI=1S/C13H12BrN3O2/c1-19-10-6-5-9(12(14)13(10)18)8-16-17-11-4-2-3-7-15-11/h2-8,18H,1H3,(H,15,17). The van der Waals surface area contributed by atoms with Crippen LogP contribution in [0.25, 0.3) is 0 Å². The molecule has 0 saturated heterocycles. The van der Waals surface area contributed by atoms with Crippen LogP contribution in [0.1, 0.15) is 5.56 Å². The number of ether oxygens (including phenoxy) is 1. The molecule has 6 heteroatoms. The molecule has 2 rings (SSSR count). The number of phenolic OH excluding ortho intramolecular Hbond substituents is 1.